The fourth-order valence-electron chi connectivity index (χ4n) is 10.4. The summed E-state index contributed by atoms with van der Waals surface area (Å²) in [6.07, 6.45) is 1.97. The van der Waals surface area contributed by atoms with E-state index < -0.39 is 8.07 Å². The summed E-state index contributed by atoms with van der Waals surface area (Å²) in [7, 11) is -0.959. The number of pyridine rings is 1. The van der Waals surface area contributed by atoms with Crippen LogP contribution in [0.2, 0.25) is 0 Å². The molecule has 11 aromatic rings. The molecule has 3 heterocycles. The second kappa shape index (κ2) is 17.7. The third kappa shape index (κ3) is 7.14. The number of hydrogen-bond donors (Lipinski definition) is 0. The third-order valence-electron chi connectivity index (χ3n) is 13.3. The number of aromatic nitrogens is 2. The molecule has 67 heavy (non-hydrogen) atoms. The van der Waals surface area contributed by atoms with Crippen LogP contribution in [0.4, 0.5) is 17.1 Å². The van der Waals surface area contributed by atoms with Crippen LogP contribution in [0.5, 0.6) is 0 Å². The molecule has 6 heteroatoms. The molecule has 0 saturated carbocycles. The Labute approximate surface area is 407 Å². The van der Waals surface area contributed by atoms with Gasteiger partial charge in [0, 0.05) is 18.8 Å². The van der Waals surface area contributed by atoms with Crippen molar-refractivity contribution in [2.24, 2.45) is 0 Å². The molecule has 9 aromatic carbocycles. The van der Waals surface area contributed by atoms with E-state index in [1.807, 2.05) is 6.20 Å². The van der Waals surface area contributed by atoms with E-state index in [4.69, 9.17) is 4.98 Å². The Balaban J connectivity index is 0.00000494. The van der Waals surface area contributed by atoms with Crippen LogP contribution in [-0.4, -0.2) is 31.3 Å². The summed E-state index contributed by atoms with van der Waals surface area (Å²) in [4.78, 5) is 9.89. The zero-order valence-electron chi connectivity index (χ0n) is 36.8. The first-order chi connectivity index (χ1) is 32.7. The zero-order valence-corrected chi connectivity index (χ0v) is 40.1. The molecular formula is C61H44N4PtSi. The van der Waals surface area contributed by atoms with Gasteiger partial charge in [-0.15, -0.1) is 11.5 Å². The number of para-hydroxylation sites is 3. The smallest absolute Gasteiger partial charge is 0.355 e. The summed E-state index contributed by atoms with van der Waals surface area (Å²) in [5, 5.41) is 7.17. The van der Waals surface area contributed by atoms with Gasteiger partial charge >= 0.3 is 21.1 Å². The molecule has 2 aromatic heterocycles. The maximum Gasteiger partial charge on any atom is 2.00 e. The molecule has 0 amide bonds. The third-order valence-corrected chi connectivity index (χ3v) is 17.9. The van der Waals surface area contributed by atoms with E-state index >= 15 is 0 Å². The van der Waals surface area contributed by atoms with Crippen molar-refractivity contribution in [3.8, 4) is 39.2 Å². The molecule has 0 aliphatic carbocycles. The van der Waals surface area contributed by atoms with Crippen LogP contribution in [0.15, 0.2) is 237 Å². The van der Waals surface area contributed by atoms with Crippen LogP contribution in [-0.2, 0) is 21.1 Å². The molecule has 0 radical (unpaired) electrons. The van der Waals surface area contributed by atoms with Gasteiger partial charge in [-0.2, -0.15) is 46.8 Å². The van der Waals surface area contributed by atoms with E-state index in [0.717, 1.165) is 50.7 Å². The van der Waals surface area contributed by atoms with Crippen LogP contribution >= 0.6 is 0 Å². The molecule has 1 aliphatic rings. The number of anilines is 3. The van der Waals surface area contributed by atoms with E-state index in [2.05, 4.69) is 264 Å². The van der Waals surface area contributed by atoms with Crippen molar-refractivity contribution < 1.29 is 21.1 Å². The Morgan fingerprint density at radius 2 is 1.04 bits per heavy atom. The fourth-order valence-corrected chi connectivity index (χ4v) is 14.9. The fraction of sp³-hybridized carbons (Fsp3) is 0.0328. The summed E-state index contributed by atoms with van der Waals surface area (Å²) >= 11 is 0. The number of fused-ring (bicyclic) bond motifs is 4. The van der Waals surface area contributed by atoms with Crippen molar-refractivity contribution in [3.63, 3.8) is 0 Å². The van der Waals surface area contributed by atoms with E-state index in [9.17, 15) is 0 Å². The molecule has 12 rings (SSSR count). The summed E-state index contributed by atoms with van der Waals surface area (Å²) < 4.78 is 2.33. The maximum absolute atomic E-state index is 5.20. The van der Waals surface area contributed by atoms with Crippen LogP contribution in [0.1, 0.15) is 0 Å². The molecule has 4 nitrogen and oxygen atoms in total. The largest absolute Gasteiger partial charge is 2.00 e. The SMILES string of the molecule is CN1CN(c2[c-]c([Si](c3[c-]c4c(cc3)c3ccccc3n4-c3cc(-c4c(-c5ccccc5)cccc4-c4ccccc4)ccn3)(c3ccccc3)c3ccccc3)ccc2)c2ccccc21.[Pt+2]. The van der Waals surface area contributed by atoms with Crippen LogP contribution in [0.3, 0.4) is 0 Å². The van der Waals surface area contributed by atoms with Gasteiger partial charge in [0.2, 0.25) is 0 Å². The summed E-state index contributed by atoms with van der Waals surface area (Å²) in [6, 6.07) is 91.7. The van der Waals surface area contributed by atoms with Gasteiger partial charge in [-0.3, -0.25) is 0 Å². The summed E-state index contributed by atoms with van der Waals surface area (Å²) in [5.74, 6) is 0.839. The average molecular weight is 1060 g/mol. The molecule has 0 fully saturated rings. The van der Waals surface area contributed by atoms with Gasteiger partial charge in [0.05, 0.1) is 18.0 Å². The van der Waals surface area contributed by atoms with E-state index in [0.29, 0.717) is 0 Å². The molecule has 0 N–H and O–H groups in total. The second-order valence-electron chi connectivity index (χ2n) is 17.0. The normalized spacial score (nSPS) is 12.3. The predicted molar refractivity (Wildman–Crippen MR) is 278 cm³/mol. The molecule has 0 spiro atoms. The molecular weight excluding hydrogens is 1010 g/mol. The van der Waals surface area contributed by atoms with Crippen molar-refractivity contribution in [3.05, 3.63) is 249 Å². The van der Waals surface area contributed by atoms with Crippen LogP contribution in [0, 0.1) is 12.1 Å². The monoisotopic (exact) mass is 1060 g/mol. The molecule has 0 saturated heterocycles. The minimum atomic E-state index is -3.12. The van der Waals surface area contributed by atoms with Crippen molar-refractivity contribution in [2.45, 2.75) is 0 Å². The molecule has 1 aliphatic heterocycles. The van der Waals surface area contributed by atoms with Gasteiger partial charge < -0.3 is 14.4 Å². The Morgan fingerprint density at radius 1 is 0.478 bits per heavy atom. The van der Waals surface area contributed by atoms with Crippen molar-refractivity contribution in [2.75, 3.05) is 23.5 Å². The maximum atomic E-state index is 5.20. The molecule has 322 valence electrons. The van der Waals surface area contributed by atoms with Gasteiger partial charge in [-0.05, 0) is 79.5 Å². The predicted octanol–water partition coefficient (Wildman–Crippen LogP) is 11.7. The van der Waals surface area contributed by atoms with E-state index in [1.165, 1.54) is 54.8 Å². The van der Waals surface area contributed by atoms with Gasteiger partial charge in [-0.1, -0.05) is 181 Å². The zero-order chi connectivity index (χ0) is 44.0. The van der Waals surface area contributed by atoms with Crippen LogP contribution in [0.25, 0.3) is 61.0 Å². The quantitative estimate of drug-likeness (QED) is 0.0818. The Morgan fingerprint density at radius 3 is 1.72 bits per heavy atom. The van der Waals surface area contributed by atoms with Crippen molar-refractivity contribution in [1.82, 2.24) is 9.55 Å². The Hall–Kier alpha value is -7.56. The second-order valence-corrected chi connectivity index (χ2v) is 20.8. The summed E-state index contributed by atoms with van der Waals surface area (Å²) in [5.41, 5.74) is 12.5. The number of rotatable bonds is 9. The van der Waals surface area contributed by atoms with Gasteiger partial charge in [-0.25, -0.2) is 4.98 Å². The van der Waals surface area contributed by atoms with Gasteiger partial charge in [0.15, 0.2) is 0 Å². The molecule has 0 unspecified atom stereocenters. The Bertz CT molecular complexity index is 3440. The number of benzene rings is 9. The van der Waals surface area contributed by atoms with Crippen molar-refractivity contribution >= 4 is 67.7 Å². The first-order valence-corrected chi connectivity index (χ1v) is 24.5. The van der Waals surface area contributed by atoms with Gasteiger partial charge in [0.25, 0.3) is 0 Å². The first-order valence-electron chi connectivity index (χ1n) is 22.5. The Kier molecular flexibility index (Phi) is 11.1. The number of hydrogen-bond acceptors (Lipinski definition) is 3. The van der Waals surface area contributed by atoms with Crippen molar-refractivity contribution in [1.29, 1.82) is 0 Å². The number of nitrogens with zero attached hydrogens (tertiary/aromatic N) is 4. The first kappa shape index (κ1) is 42.1. The van der Waals surface area contributed by atoms with Gasteiger partial charge in [0.1, 0.15) is 13.9 Å². The topological polar surface area (TPSA) is 24.3 Å². The average Bonchev–Trinajstić information content (AvgIpc) is 3.92. The van der Waals surface area contributed by atoms with E-state index in [1.54, 1.807) is 0 Å². The van der Waals surface area contributed by atoms with E-state index in [-0.39, 0.29) is 21.1 Å². The molecule has 0 atom stereocenters. The summed E-state index contributed by atoms with van der Waals surface area (Å²) in [6.45, 7) is 0.747. The van der Waals surface area contributed by atoms with Crippen LogP contribution < -0.4 is 30.5 Å². The standard InChI is InChI=1S/C61H44N4Si.Pt/c1-63-43-64(58-35-17-16-34-57(58)63)47-24-18-29-50(41-47)66(48-25-10-4-11-26-48,49-27-12-5-13-28-49)51-36-37-55-54-30-14-15-33-56(54)65(59(55)42-51)60-40-46(38-39-62-60)61-52(44-20-6-2-7-21-44)31-19-32-53(61)45-22-8-3-9-23-45;/h2-40H,43H2,1H3;/q-2;+2. The minimum absolute atomic E-state index is 0. The minimum Gasteiger partial charge on any atom is -0.355 e. The molecule has 0 bridgehead atoms.